The Kier molecular flexibility index (Phi) is 6.17. The van der Waals surface area contributed by atoms with Gasteiger partial charge >= 0.3 is 0 Å². The molecule has 0 radical (unpaired) electrons. The number of pyridine rings is 2. The van der Waals surface area contributed by atoms with Gasteiger partial charge in [0.15, 0.2) is 0 Å². The van der Waals surface area contributed by atoms with E-state index in [-0.39, 0.29) is 5.41 Å². The van der Waals surface area contributed by atoms with Crippen molar-refractivity contribution in [3.8, 4) is 11.4 Å². The second-order valence-corrected chi connectivity index (χ2v) is 12.7. The number of rotatable bonds is 5. The molecule has 4 nitrogen and oxygen atoms in total. The molecule has 4 aromatic carbocycles. The van der Waals surface area contributed by atoms with Crippen LogP contribution >= 0.6 is 0 Å². The van der Waals surface area contributed by atoms with Crippen LogP contribution in [0.2, 0.25) is 0 Å². The summed E-state index contributed by atoms with van der Waals surface area (Å²) >= 11 is 0. The molecule has 0 spiro atoms. The monoisotopic (exact) mass is 594 g/mol. The summed E-state index contributed by atoms with van der Waals surface area (Å²) in [6, 6.07) is 38.2. The van der Waals surface area contributed by atoms with E-state index in [4.69, 9.17) is 0 Å². The Bertz CT molecular complexity index is 2350. The van der Waals surface area contributed by atoms with Crippen LogP contribution in [-0.4, -0.2) is 19.1 Å². The number of nitrogens with zero attached hydrogens (tertiary/aromatic N) is 4. The molecule has 1 saturated carbocycles. The van der Waals surface area contributed by atoms with Gasteiger partial charge in [0.1, 0.15) is 0 Å². The van der Waals surface area contributed by atoms with E-state index in [1.807, 2.05) is 30.9 Å². The van der Waals surface area contributed by atoms with Crippen LogP contribution in [-0.2, 0) is 5.41 Å². The van der Waals surface area contributed by atoms with Gasteiger partial charge in [0.25, 0.3) is 0 Å². The van der Waals surface area contributed by atoms with Gasteiger partial charge in [0.05, 0.1) is 34.5 Å². The lowest BCUT2D eigenvalue weighted by Gasteiger charge is -2.39. The Labute approximate surface area is 268 Å². The minimum absolute atomic E-state index is 0.00106. The first-order chi connectivity index (χ1) is 22.7. The quantitative estimate of drug-likeness (QED) is 0.199. The lowest BCUT2D eigenvalue weighted by Crippen LogP contribution is -2.30. The number of para-hydroxylation sites is 1. The second-order valence-electron chi connectivity index (χ2n) is 12.7. The van der Waals surface area contributed by atoms with Crippen molar-refractivity contribution in [1.29, 1.82) is 0 Å². The van der Waals surface area contributed by atoms with E-state index < -0.39 is 0 Å². The molecule has 1 aliphatic rings. The largest absolute Gasteiger partial charge is 0.308 e. The molecule has 9 rings (SSSR count). The lowest BCUT2D eigenvalue weighted by atomic mass is 9.65. The molecular formula is C42H34N4. The molecule has 0 aliphatic heterocycles. The van der Waals surface area contributed by atoms with Gasteiger partial charge in [-0.2, -0.15) is 0 Å². The normalized spacial score (nSPS) is 14.8. The highest BCUT2D eigenvalue weighted by atomic mass is 15.0. The summed E-state index contributed by atoms with van der Waals surface area (Å²) in [7, 11) is 0. The Hall–Kier alpha value is -5.48. The minimum Gasteiger partial charge on any atom is -0.308 e. The summed E-state index contributed by atoms with van der Waals surface area (Å²) in [4.78, 5) is 8.96. The van der Waals surface area contributed by atoms with Crippen LogP contribution in [0.5, 0.6) is 0 Å². The molecule has 8 aromatic rings. The van der Waals surface area contributed by atoms with Crippen molar-refractivity contribution in [2.24, 2.45) is 0 Å². The lowest BCUT2D eigenvalue weighted by molar-refractivity contribution is 0.346. The maximum atomic E-state index is 4.49. The van der Waals surface area contributed by atoms with E-state index in [9.17, 15) is 0 Å². The highest BCUT2D eigenvalue weighted by molar-refractivity contribution is 6.10. The van der Waals surface area contributed by atoms with E-state index in [0.717, 1.165) is 35.1 Å². The van der Waals surface area contributed by atoms with Gasteiger partial charge in [0, 0.05) is 50.7 Å². The van der Waals surface area contributed by atoms with Crippen molar-refractivity contribution in [3.05, 3.63) is 151 Å². The molecular weight excluding hydrogens is 560 g/mol. The Morgan fingerprint density at radius 1 is 0.543 bits per heavy atom. The molecule has 0 atom stereocenters. The second kappa shape index (κ2) is 10.6. The Morgan fingerprint density at radius 3 is 1.70 bits per heavy atom. The van der Waals surface area contributed by atoms with Gasteiger partial charge in [-0.1, -0.05) is 80.4 Å². The summed E-state index contributed by atoms with van der Waals surface area (Å²) < 4.78 is 4.69. The number of benzene rings is 4. The third-order valence-corrected chi connectivity index (χ3v) is 10.4. The molecule has 1 aliphatic carbocycles. The first-order valence-electron chi connectivity index (χ1n) is 16.3. The summed E-state index contributed by atoms with van der Waals surface area (Å²) in [6.45, 7) is 3.99. The first kappa shape index (κ1) is 26.9. The molecule has 4 aromatic heterocycles. The Balaban J connectivity index is 1.14. The van der Waals surface area contributed by atoms with Gasteiger partial charge in [0.2, 0.25) is 0 Å². The molecule has 1 fully saturated rings. The third kappa shape index (κ3) is 3.99. The van der Waals surface area contributed by atoms with Gasteiger partial charge in [-0.3, -0.25) is 9.97 Å². The van der Waals surface area contributed by atoms with Crippen LogP contribution in [0, 0.1) is 0 Å². The molecule has 46 heavy (non-hydrogen) atoms. The van der Waals surface area contributed by atoms with Crippen LogP contribution < -0.4 is 0 Å². The van der Waals surface area contributed by atoms with Crippen molar-refractivity contribution in [3.63, 3.8) is 0 Å². The van der Waals surface area contributed by atoms with E-state index in [1.165, 1.54) is 68.7 Å². The topological polar surface area (TPSA) is 35.6 Å². The highest BCUT2D eigenvalue weighted by Gasteiger charge is 2.35. The first-order valence-corrected chi connectivity index (χ1v) is 16.3. The zero-order chi connectivity index (χ0) is 30.7. The van der Waals surface area contributed by atoms with E-state index in [0.29, 0.717) is 0 Å². The van der Waals surface area contributed by atoms with Crippen LogP contribution in [0.4, 0.5) is 0 Å². The summed E-state index contributed by atoms with van der Waals surface area (Å²) in [5, 5.41) is 4.93. The molecule has 0 amide bonds. The van der Waals surface area contributed by atoms with E-state index in [2.05, 4.69) is 129 Å². The fraction of sp³-hybridized carbons (Fsp3) is 0.143. The van der Waals surface area contributed by atoms with Crippen molar-refractivity contribution < 1.29 is 0 Å². The van der Waals surface area contributed by atoms with Crippen molar-refractivity contribution in [1.82, 2.24) is 19.1 Å². The average Bonchev–Trinajstić information content (AvgIpc) is 3.65. The fourth-order valence-electron chi connectivity index (χ4n) is 8.15. The van der Waals surface area contributed by atoms with Gasteiger partial charge < -0.3 is 9.13 Å². The molecule has 222 valence electrons. The SMILES string of the molecule is C=Cc1ccc2c(c1)c1ccncc1n2-c1ccc(C2(c3ccc(-n4c5ccccc5c5ccncc54)cc3)CCCCC2)cc1. The number of aromatic nitrogens is 4. The average molecular weight is 595 g/mol. The molecule has 4 heterocycles. The predicted molar refractivity (Wildman–Crippen MR) is 191 cm³/mol. The summed E-state index contributed by atoms with van der Waals surface area (Å²) in [5.74, 6) is 0. The molecule has 4 heteroatoms. The summed E-state index contributed by atoms with van der Waals surface area (Å²) in [5.41, 5.74) is 10.9. The van der Waals surface area contributed by atoms with E-state index in [1.54, 1.807) is 0 Å². The maximum absolute atomic E-state index is 4.49. The Morgan fingerprint density at radius 2 is 1.09 bits per heavy atom. The molecule has 0 saturated heterocycles. The van der Waals surface area contributed by atoms with Crippen LogP contribution in [0.25, 0.3) is 61.1 Å². The van der Waals surface area contributed by atoms with Crippen LogP contribution in [0.1, 0.15) is 48.8 Å². The number of hydrogen-bond acceptors (Lipinski definition) is 2. The predicted octanol–water partition coefficient (Wildman–Crippen LogP) is 10.6. The van der Waals surface area contributed by atoms with Crippen LogP contribution in [0.3, 0.4) is 0 Å². The third-order valence-electron chi connectivity index (χ3n) is 10.4. The fourth-order valence-corrected chi connectivity index (χ4v) is 8.15. The molecule has 0 unspecified atom stereocenters. The van der Waals surface area contributed by atoms with E-state index >= 15 is 0 Å². The van der Waals surface area contributed by atoms with Gasteiger partial charge in [-0.15, -0.1) is 0 Å². The molecule has 0 N–H and O–H groups in total. The van der Waals surface area contributed by atoms with Crippen molar-refractivity contribution in [2.45, 2.75) is 37.5 Å². The standard InChI is InChI=1S/C42H34N4/c1-2-29-10-19-39-37(26-29)36-21-25-44-28-41(36)46(39)33-17-13-31(14-18-33)42(22-6-3-7-23-42)30-11-15-32(16-12-30)45-38-9-5-4-8-34(38)35-20-24-43-27-40(35)45/h2,4-5,8-21,24-28H,1,3,6-7,22-23H2. The summed E-state index contributed by atoms with van der Waals surface area (Å²) in [6.07, 6.45) is 15.8. The molecule has 0 bridgehead atoms. The minimum atomic E-state index is -0.00106. The van der Waals surface area contributed by atoms with Gasteiger partial charge in [-0.25, -0.2) is 0 Å². The number of fused-ring (bicyclic) bond motifs is 6. The van der Waals surface area contributed by atoms with Crippen molar-refractivity contribution in [2.75, 3.05) is 0 Å². The smallest absolute Gasteiger partial charge is 0.0724 e. The van der Waals surface area contributed by atoms with Gasteiger partial charge in [-0.05, 0) is 84.1 Å². The zero-order valence-corrected chi connectivity index (χ0v) is 25.7. The highest BCUT2D eigenvalue weighted by Crippen LogP contribution is 2.46. The number of hydrogen-bond donors (Lipinski definition) is 0. The zero-order valence-electron chi connectivity index (χ0n) is 25.7. The van der Waals surface area contributed by atoms with Crippen LogP contribution in [0.15, 0.2) is 134 Å². The van der Waals surface area contributed by atoms with Crippen molar-refractivity contribution >= 4 is 49.7 Å². The maximum Gasteiger partial charge on any atom is 0.0724 e.